The van der Waals surface area contributed by atoms with Crippen molar-refractivity contribution in [2.45, 2.75) is 25.8 Å². The average molecular weight is 442 g/mol. The summed E-state index contributed by atoms with van der Waals surface area (Å²) in [6.45, 7) is 2.25. The molecule has 0 N–H and O–H groups in total. The van der Waals surface area contributed by atoms with E-state index in [1.165, 1.54) is 16.0 Å². The first-order valence-corrected chi connectivity index (χ1v) is 10.5. The van der Waals surface area contributed by atoms with E-state index in [4.69, 9.17) is 9.47 Å². The van der Waals surface area contributed by atoms with Crippen LogP contribution in [0.4, 0.5) is 4.39 Å². The first-order chi connectivity index (χ1) is 15.5. The van der Waals surface area contributed by atoms with Crippen molar-refractivity contribution in [2.75, 3.05) is 33.9 Å². The molecule has 0 saturated heterocycles. The second-order valence-electron chi connectivity index (χ2n) is 7.42. The van der Waals surface area contributed by atoms with Crippen LogP contribution < -0.4 is 4.74 Å². The maximum Gasteiger partial charge on any atom is 0.262 e. The maximum absolute atomic E-state index is 14.4. The van der Waals surface area contributed by atoms with Gasteiger partial charge in [-0.3, -0.25) is 9.59 Å². The number of ether oxygens (including phenoxy) is 2. The molecule has 0 fully saturated rings. The van der Waals surface area contributed by atoms with Crippen molar-refractivity contribution in [3.63, 3.8) is 0 Å². The van der Waals surface area contributed by atoms with Gasteiger partial charge in [-0.25, -0.2) is 9.40 Å². The van der Waals surface area contributed by atoms with Gasteiger partial charge in [0.25, 0.3) is 5.91 Å². The summed E-state index contributed by atoms with van der Waals surface area (Å²) >= 11 is 0. The lowest BCUT2D eigenvalue weighted by Gasteiger charge is -2.26. The van der Waals surface area contributed by atoms with Gasteiger partial charge in [-0.2, -0.15) is 5.10 Å². The molecular formula is C24H28FN3O4. The molecule has 32 heavy (non-hydrogen) atoms. The second kappa shape index (κ2) is 10.9. The zero-order chi connectivity index (χ0) is 23.1. The number of methoxy groups -OCH3 is 2. The van der Waals surface area contributed by atoms with Crippen molar-refractivity contribution < 1.29 is 23.5 Å². The Kier molecular flexibility index (Phi) is 7.94. The number of amides is 2. The fraction of sp³-hybridized carbons (Fsp3) is 0.375. The molecule has 3 rings (SSSR count). The molecule has 1 atom stereocenters. The summed E-state index contributed by atoms with van der Waals surface area (Å²) in [5, 5.41) is 5.87. The first-order valence-electron chi connectivity index (χ1n) is 10.5. The Morgan fingerprint density at radius 3 is 2.50 bits per heavy atom. The molecule has 0 spiro atoms. The predicted molar refractivity (Wildman–Crippen MR) is 119 cm³/mol. The van der Waals surface area contributed by atoms with E-state index in [-0.39, 0.29) is 24.8 Å². The smallest absolute Gasteiger partial charge is 0.262 e. The van der Waals surface area contributed by atoms with Gasteiger partial charge in [0.15, 0.2) is 0 Å². The maximum atomic E-state index is 14.4. The van der Waals surface area contributed by atoms with Crippen LogP contribution in [0.1, 0.15) is 36.9 Å². The molecule has 0 saturated carbocycles. The molecule has 170 valence electrons. The van der Waals surface area contributed by atoms with Crippen LogP contribution in [0.5, 0.6) is 5.75 Å². The van der Waals surface area contributed by atoms with Crippen LogP contribution in [0.25, 0.3) is 0 Å². The van der Waals surface area contributed by atoms with E-state index in [9.17, 15) is 14.0 Å². The van der Waals surface area contributed by atoms with E-state index in [0.29, 0.717) is 36.6 Å². The third-order valence-corrected chi connectivity index (χ3v) is 5.40. The van der Waals surface area contributed by atoms with Gasteiger partial charge in [-0.05, 0) is 23.8 Å². The minimum atomic E-state index is -0.413. The summed E-state index contributed by atoms with van der Waals surface area (Å²) in [5.74, 6) is -0.181. The third-order valence-electron chi connectivity index (χ3n) is 5.40. The Bertz CT molecular complexity index is 977. The van der Waals surface area contributed by atoms with Crippen molar-refractivity contribution in [1.29, 1.82) is 0 Å². The minimum Gasteiger partial charge on any atom is -0.497 e. The molecule has 8 heteroatoms. The van der Waals surface area contributed by atoms with Gasteiger partial charge in [0, 0.05) is 32.1 Å². The molecule has 7 nitrogen and oxygen atoms in total. The second-order valence-corrected chi connectivity index (χ2v) is 7.42. The zero-order valence-corrected chi connectivity index (χ0v) is 18.6. The first kappa shape index (κ1) is 23.4. The highest BCUT2D eigenvalue weighted by Crippen LogP contribution is 2.34. The fourth-order valence-corrected chi connectivity index (χ4v) is 3.64. The molecule has 0 radical (unpaired) electrons. The Morgan fingerprint density at radius 1 is 1.16 bits per heavy atom. The van der Waals surface area contributed by atoms with Gasteiger partial charge in [-0.1, -0.05) is 37.3 Å². The topological polar surface area (TPSA) is 71.4 Å². The Balaban J connectivity index is 1.91. The number of rotatable bonds is 9. The fourth-order valence-electron chi connectivity index (χ4n) is 3.64. The Hall–Kier alpha value is -3.26. The van der Waals surface area contributed by atoms with Crippen molar-refractivity contribution >= 4 is 17.5 Å². The number of benzene rings is 2. The SMILES string of the molecule is CCC(=O)N(CCOC)CC(=O)N1N=C(c2ccccc2F)CC1c1ccc(OC)cc1. The normalized spacial score (nSPS) is 15.4. The molecule has 2 aromatic rings. The number of hydrazone groups is 1. The van der Waals surface area contributed by atoms with E-state index in [0.717, 1.165) is 5.56 Å². The third kappa shape index (κ3) is 5.31. The largest absolute Gasteiger partial charge is 0.497 e. The van der Waals surface area contributed by atoms with Gasteiger partial charge < -0.3 is 14.4 Å². The molecule has 0 aromatic heterocycles. The molecule has 1 heterocycles. The summed E-state index contributed by atoms with van der Waals surface area (Å²) in [7, 11) is 3.13. The van der Waals surface area contributed by atoms with E-state index < -0.39 is 11.9 Å². The standard InChI is InChI=1S/C24H28FN3O4/c1-4-23(29)27(13-14-31-2)16-24(30)28-22(17-9-11-18(32-3)12-10-17)15-21(26-28)19-7-5-6-8-20(19)25/h5-12,22H,4,13-16H2,1-3H3. The van der Waals surface area contributed by atoms with Crippen molar-refractivity contribution in [2.24, 2.45) is 5.10 Å². The molecule has 2 aromatic carbocycles. The lowest BCUT2D eigenvalue weighted by molar-refractivity contribution is -0.141. The van der Waals surface area contributed by atoms with Gasteiger partial charge in [0.05, 0.1) is 25.5 Å². The van der Waals surface area contributed by atoms with E-state index in [2.05, 4.69) is 5.10 Å². The van der Waals surface area contributed by atoms with Crippen LogP contribution in [0.15, 0.2) is 53.6 Å². The number of hydrogen-bond donors (Lipinski definition) is 0. The molecule has 0 aliphatic carbocycles. The monoisotopic (exact) mass is 441 g/mol. The number of nitrogens with zero attached hydrogens (tertiary/aromatic N) is 3. The lowest BCUT2D eigenvalue weighted by Crippen LogP contribution is -2.42. The molecular weight excluding hydrogens is 413 g/mol. The number of carbonyl (C=O) groups excluding carboxylic acids is 2. The Morgan fingerprint density at radius 2 is 1.88 bits per heavy atom. The number of halogens is 1. The Labute approximate surface area is 187 Å². The van der Waals surface area contributed by atoms with Crippen molar-refractivity contribution in [3.05, 3.63) is 65.5 Å². The summed E-state index contributed by atoms with van der Waals surface area (Å²) in [4.78, 5) is 27.1. The van der Waals surface area contributed by atoms with E-state index in [1.54, 1.807) is 39.3 Å². The lowest BCUT2D eigenvalue weighted by atomic mass is 9.98. The molecule has 2 amide bonds. The summed E-state index contributed by atoms with van der Waals surface area (Å²) in [5.41, 5.74) is 1.70. The number of hydrogen-bond acceptors (Lipinski definition) is 5. The molecule has 1 aliphatic rings. The highest BCUT2D eigenvalue weighted by molar-refractivity contribution is 6.03. The van der Waals surface area contributed by atoms with Crippen LogP contribution >= 0.6 is 0 Å². The van der Waals surface area contributed by atoms with Crippen LogP contribution in [-0.4, -0.2) is 61.4 Å². The van der Waals surface area contributed by atoms with Crippen molar-refractivity contribution in [1.82, 2.24) is 9.91 Å². The van der Waals surface area contributed by atoms with E-state index in [1.807, 2.05) is 24.3 Å². The van der Waals surface area contributed by atoms with Crippen LogP contribution in [0.2, 0.25) is 0 Å². The van der Waals surface area contributed by atoms with Gasteiger partial charge in [-0.15, -0.1) is 0 Å². The molecule has 1 aliphatic heterocycles. The summed E-state index contributed by atoms with van der Waals surface area (Å²) < 4.78 is 24.7. The highest BCUT2D eigenvalue weighted by atomic mass is 19.1. The van der Waals surface area contributed by atoms with Crippen LogP contribution in [0, 0.1) is 5.82 Å². The number of carbonyl (C=O) groups is 2. The van der Waals surface area contributed by atoms with Crippen LogP contribution in [-0.2, 0) is 14.3 Å². The van der Waals surface area contributed by atoms with Gasteiger partial charge in [0.2, 0.25) is 5.91 Å². The van der Waals surface area contributed by atoms with Gasteiger partial charge in [0.1, 0.15) is 18.1 Å². The van der Waals surface area contributed by atoms with E-state index >= 15 is 0 Å². The van der Waals surface area contributed by atoms with Crippen LogP contribution in [0.3, 0.4) is 0 Å². The zero-order valence-electron chi connectivity index (χ0n) is 18.6. The molecule has 0 bridgehead atoms. The summed E-state index contributed by atoms with van der Waals surface area (Å²) in [6.07, 6.45) is 0.640. The highest BCUT2D eigenvalue weighted by Gasteiger charge is 2.35. The predicted octanol–water partition coefficient (Wildman–Crippen LogP) is 3.40. The van der Waals surface area contributed by atoms with Crippen molar-refractivity contribution in [3.8, 4) is 5.75 Å². The summed E-state index contributed by atoms with van der Waals surface area (Å²) in [6, 6.07) is 13.3. The minimum absolute atomic E-state index is 0.128. The van der Waals surface area contributed by atoms with Gasteiger partial charge >= 0.3 is 0 Å². The quantitative estimate of drug-likeness (QED) is 0.598. The average Bonchev–Trinajstić information content (AvgIpc) is 3.26. The molecule has 1 unspecified atom stereocenters.